The fourth-order valence-electron chi connectivity index (χ4n) is 1.56. The van der Waals surface area contributed by atoms with Gasteiger partial charge in [-0.15, -0.1) is 0 Å². The Labute approximate surface area is 115 Å². The van der Waals surface area contributed by atoms with Crippen LogP contribution in [0.5, 0.6) is 0 Å². The molecule has 2 N–H and O–H groups in total. The Hall–Kier alpha value is -2.08. The third-order valence-electron chi connectivity index (χ3n) is 2.54. The molecule has 0 saturated heterocycles. The van der Waals surface area contributed by atoms with Crippen molar-refractivity contribution in [2.24, 2.45) is 0 Å². The van der Waals surface area contributed by atoms with Crippen LogP contribution in [0.3, 0.4) is 0 Å². The maximum atomic E-state index is 11.7. The molecule has 5 nitrogen and oxygen atoms in total. The predicted octanol–water partition coefficient (Wildman–Crippen LogP) is 2.31. The molecule has 19 heavy (non-hydrogen) atoms. The number of hydrogen-bond acceptors (Lipinski definition) is 6. The zero-order valence-corrected chi connectivity index (χ0v) is 11.4. The summed E-state index contributed by atoms with van der Waals surface area (Å²) in [6.45, 7) is 1.85. The molecule has 2 aromatic rings. The first-order valence-electron chi connectivity index (χ1n) is 5.54. The lowest BCUT2D eigenvalue weighted by molar-refractivity contribution is 0.0601. The number of carbonyl (C=O) groups is 1. The van der Waals surface area contributed by atoms with Crippen molar-refractivity contribution in [3.63, 3.8) is 0 Å². The van der Waals surface area contributed by atoms with E-state index >= 15 is 0 Å². The average molecular weight is 275 g/mol. The first-order valence-corrected chi connectivity index (χ1v) is 6.35. The molecular formula is C13H13N3O2S. The molecule has 0 saturated carbocycles. The summed E-state index contributed by atoms with van der Waals surface area (Å²) in [5.41, 5.74) is 7.54. The first-order chi connectivity index (χ1) is 9.11. The number of esters is 1. The van der Waals surface area contributed by atoms with Gasteiger partial charge >= 0.3 is 5.97 Å². The van der Waals surface area contributed by atoms with Crippen molar-refractivity contribution in [2.75, 3.05) is 12.8 Å². The minimum absolute atomic E-state index is 0.374. The highest BCUT2D eigenvalue weighted by Crippen LogP contribution is 2.30. The average Bonchev–Trinajstić information content (AvgIpc) is 2.43. The molecule has 6 heteroatoms. The van der Waals surface area contributed by atoms with Crippen LogP contribution in [0.1, 0.15) is 15.9 Å². The molecule has 0 aliphatic carbocycles. The third kappa shape index (κ3) is 3.03. The SMILES string of the molecule is COC(=O)c1cc(Sc2ccncn2)cc(C)c1N. The van der Waals surface area contributed by atoms with E-state index in [1.807, 2.05) is 13.0 Å². The Morgan fingerprint density at radius 1 is 1.42 bits per heavy atom. The Morgan fingerprint density at radius 2 is 2.21 bits per heavy atom. The van der Waals surface area contributed by atoms with Gasteiger partial charge in [-0.1, -0.05) is 11.8 Å². The van der Waals surface area contributed by atoms with Crippen molar-refractivity contribution in [1.82, 2.24) is 9.97 Å². The van der Waals surface area contributed by atoms with Gasteiger partial charge in [-0.25, -0.2) is 14.8 Å². The molecule has 0 spiro atoms. The fraction of sp³-hybridized carbons (Fsp3) is 0.154. The van der Waals surface area contributed by atoms with Gasteiger partial charge in [0.2, 0.25) is 0 Å². The maximum absolute atomic E-state index is 11.7. The molecule has 0 bridgehead atoms. The molecule has 98 valence electrons. The number of ether oxygens (including phenoxy) is 1. The van der Waals surface area contributed by atoms with Crippen LogP contribution in [0.2, 0.25) is 0 Å². The number of carbonyl (C=O) groups excluding carboxylic acids is 1. The predicted molar refractivity (Wildman–Crippen MR) is 73.1 cm³/mol. The van der Waals surface area contributed by atoms with Crippen molar-refractivity contribution in [1.29, 1.82) is 0 Å². The molecule has 0 radical (unpaired) electrons. The molecule has 0 amide bonds. The van der Waals surface area contributed by atoms with E-state index in [0.29, 0.717) is 11.3 Å². The summed E-state index contributed by atoms with van der Waals surface area (Å²) < 4.78 is 4.72. The van der Waals surface area contributed by atoms with E-state index < -0.39 is 5.97 Å². The number of aromatic nitrogens is 2. The molecule has 0 aliphatic heterocycles. The zero-order chi connectivity index (χ0) is 13.8. The number of hydrogen-bond donors (Lipinski definition) is 1. The normalized spacial score (nSPS) is 10.2. The number of aryl methyl sites for hydroxylation is 1. The second kappa shape index (κ2) is 5.71. The Morgan fingerprint density at radius 3 is 2.84 bits per heavy atom. The summed E-state index contributed by atoms with van der Waals surface area (Å²) in [4.78, 5) is 20.5. The molecule has 1 aromatic carbocycles. The summed E-state index contributed by atoms with van der Waals surface area (Å²) in [6.07, 6.45) is 3.15. The molecule has 1 heterocycles. The zero-order valence-electron chi connectivity index (χ0n) is 10.6. The number of nitrogens with two attached hydrogens (primary N) is 1. The van der Waals surface area contributed by atoms with Crippen LogP contribution < -0.4 is 5.73 Å². The second-order valence-electron chi connectivity index (χ2n) is 3.84. The lowest BCUT2D eigenvalue weighted by Crippen LogP contribution is -2.07. The first kappa shape index (κ1) is 13.4. The smallest absolute Gasteiger partial charge is 0.340 e. The van der Waals surface area contributed by atoms with Gasteiger partial charge in [0.1, 0.15) is 11.4 Å². The van der Waals surface area contributed by atoms with Crippen LogP contribution in [0.4, 0.5) is 5.69 Å². The van der Waals surface area contributed by atoms with Crippen LogP contribution in [0.15, 0.2) is 40.6 Å². The van der Waals surface area contributed by atoms with Gasteiger partial charge in [0.05, 0.1) is 12.7 Å². The van der Waals surface area contributed by atoms with E-state index in [1.165, 1.54) is 25.2 Å². The van der Waals surface area contributed by atoms with E-state index in [4.69, 9.17) is 10.5 Å². The van der Waals surface area contributed by atoms with Crippen molar-refractivity contribution < 1.29 is 9.53 Å². The molecule has 0 unspecified atom stereocenters. The Balaban J connectivity index is 2.37. The number of anilines is 1. The van der Waals surface area contributed by atoms with E-state index in [-0.39, 0.29) is 0 Å². The number of nitrogen functional groups attached to an aromatic ring is 1. The fourth-order valence-corrected chi connectivity index (χ4v) is 2.45. The molecule has 1 aromatic heterocycles. The van der Waals surface area contributed by atoms with Crippen molar-refractivity contribution >= 4 is 23.4 Å². The van der Waals surface area contributed by atoms with E-state index in [1.54, 1.807) is 18.3 Å². The van der Waals surface area contributed by atoms with Crippen LogP contribution in [-0.4, -0.2) is 23.0 Å². The Bertz CT molecular complexity index is 602. The summed E-state index contributed by atoms with van der Waals surface area (Å²) >= 11 is 1.44. The highest BCUT2D eigenvalue weighted by molar-refractivity contribution is 7.99. The van der Waals surface area contributed by atoms with Crippen LogP contribution in [-0.2, 0) is 4.74 Å². The molecule has 0 atom stereocenters. The summed E-state index contributed by atoms with van der Waals surface area (Å²) in [7, 11) is 1.33. The minimum atomic E-state index is -0.439. The third-order valence-corrected chi connectivity index (χ3v) is 3.46. The van der Waals surface area contributed by atoms with E-state index in [2.05, 4.69) is 9.97 Å². The number of benzene rings is 1. The summed E-state index contributed by atoms with van der Waals surface area (Å²) in [5.74, 6) is -0.439. The lowest BCUT2D eigenvalue weighted by Gasteiger charge is -2.09. The highest BCUT2D eigenvalue weighted by Gasteiger charge is 2.14. The number of rotatable bonds is 3. The van der Waals surface area contributed by atoms with Crippen molar-refractivity contribution in [3.8, 4) is 0 Å². The van der Waals surface area contributed by atoms with Gasteiger partial charge in [0.15, 0.2) is 0 Å². The van der Waals surface area contributed by atoms with Crippen LogP contribution >= 0.6 is 11.8 Å². The Kier molecular flexibility index (Phi) is 4.01. The van der Waals surface area contributed by atoms with Crippen molar-refractivity contribution in [3.05, 3.63) is 41.9 Å². The molecule has 0 fully saturated rings. The summed E-state index contributed by atoms with van der Waals surface area (Å²) in [6, 6.07) is 5.42. The summed E-state index contributed by atoms with van der Waals surface area (Å²) in [5, 5.41) is 0.801. The van der Waals surface area contributed by atoms with Crippen LogP contribution in [0, 0.1) is 6.92 Å². The minimum Gasteiger partial charge on any atom is -0.465 e. The quantitative estimate of drug-likeness (QED) is 0.526. The van der Waals surface area contributed by atoms with Gasteiger partial charge in [-0.3, -0.25) is 0 Å². The number of nitrogens with zero attached hydrogens (tertiary/aromatic N) is 2. The largest absolute Gasteiger partial charge is 0.465 e. The van der Waals surface area contributed by atoms with E-state index in [9.17, 15) is 4.79 Å². The standard InChI is InChI=1S/C13H13N3O2S/c1-8-5-9(19-11-3-4-15-7-16-11)6-10(12(8)14)13(17)18-2/h3-7H,14H2,1-2H3. The molecule has 0 aliphatic rings. The monoisotopic (exact) mass is 275 g/mol. The lowest BCUT2D eigenvalue weighted by atomic mass is 10.1. The van der Waals surface area contributed by atoms with Gasteiger partial charge in [0.25, 0.3) is 0 Å². The number of methoxy groups -OCH3 is 1. The van der Waals surface area contributed by atoms with Crippen LogP contribution in [0.25, 0.3) is 0 Å². The van der Waals surface area contributed by atoms with Gasteiger partial charge in [-0.2, -0.15) is 0 Å². The van der Waals surface area contributed by atoms with E-state index in [0.717, 1.165) is 15.5 Å². The van der Waals surface area contributed by atoms with Gasteiger partial charge < -0.3 is 10.5 Å². The molecule has 2 rings (SSSR count). The van der Waals surface area contributed by atoms with Crippen molar-refractivity contribution in [2.45, 2.75) is 16.8 Å². The highest BCUT2D eigenvalue weighted by atomic mass is 32.2. The second-order valence-corrected chi connectivity index (χ2v) is 4.94. The molecular weight excluding hydrogens is 262 g/mol. The maximum Gasteiger partial charge on any atom is 0.340 e. The van der Waals surface area contributed by atoms with Gasteiger partial charge in [0, 0.05) is 16.8 Å². The van der Waals surface area contributed by atoms with Gasteiger partial charge in [-0.05, 0) is 30.7 Å². The topological polar surface area (TPSA) is 78.1 Å².